The van der Waals surface area contributed by atoms with Gasteiger partial charge in [0.05, 0.1) is 0 Å². The van der Waals surface area contributed by atoms with Crippen LogP contribution < -0.4 is 11.1 Å². The topological polar surface area (TPSA) is 38.0 Å². The number of rotatable bonds is 7. The summed E-state index contributed by atoms with van der Waals surface area (Å²) in [7, 11) is 0. The average molecular weight is 242 g/mol. The van der Waals surface area contributed by atoms with Crippen molar-refractivity contribution in [1.29, 1.82) is 0 Å². The van der Waals surface area contributed by atoms with Crippen LogP contribution in [0.15, 0.2) is 0 Å². The smallest absolute Gasteiger partial charge is 0.0000126 e. The fourth-order valence-electron chi connectivity index (χ4n) is 2.15. The van der Waals surface area contributed by atoms with Crippen molar-refractivity contribution >= 4 is 0 Å². The first kappa shape index (κ1) is 16.9. The Morgan fingerprint density at radius 1 is 1.00 bits per heavy atom. The van der Waals surface area contributed by atoms with Crippen LogP contribution in [0.1, 0.15) is 60.8 Å². The molecular formula is C15H34N2. The molecule has 104 valence electrons. The van der Waals surface area contributed by atoms with Crippen molar-refractivity contribution in [3.05, 3.63) is 0 Å². The van der Waals surface area contributed by atoms with Gasteiger partial charge in [-0.2, -0.15) is 0 Å². The Hall–Kier alpha value is -0.0800. The summed E-state index contributed by atoms with van der Waals surface area (Å²) in [6.07, 6.45) is 3.71. The van der Waals surface area contributed by atoms with Crippen LogP contribution in [-0.2, 0) is 0 Å². The van der Waals surface area contributed by atoms with Crippen molar-refractivity contribution in [2.24, 2.45) is 22.5 Å². The molecule has 0 aromatic carbocycles. The lowest BCUT2D eigenvalue weighted by molar-refractivity contribution is 0.209. The van der Waals surface area contributed by atoms with Gasteiger partial charge in [-0.1, -0.05) is 41.5 Å². The van der Waals surface area contributed by atoms with Gasteiger partial charge in [0.1, 0.15) is 0 Å². The Morgan fingerprint density at radius 2 is 1.59 bits per heavy atom. The van der Waals surface area contributed by atoms with Crippen LogP contribution in [0, 0.1) is 16.7 Å². The molecule has 0 aliphatic heterocycles. The lowest BCUT2D eigenvalue weighted by Crippen LogP contribution is -2.29. The maximum atomic E-state index is 5.70. The van der Waals surface area contributed by atoms with E-state index in [4.69, 9.17) is 5.73 Å². The van der Waals surface area contributed by atoms with E-state index in [1.54, 1.807) is 0 Å². The maximum Gasteiger partial charge on any atom is -0.0000126 e. The highest BCUT2D eigenvalue weighted by atomic mass is 14.9. The first-order chi connectivity index (χ1) is 7.67. The van der Waals surface area contributed by atoms with Crippen molar-refractivity contribution in [3.63, 3.8) is 0 Å². The molecule has 0 aromatic rings. The quantitative estimate of drug-likeness (QED) is 0.671. The lowest BCUT2D eigenvalue weighted by atomic mass is 9.76. The summed E-state index contributed by atoms with van der Waals surface area (Å²) in [5.74, 6) is 0.754. The Bertz CT molecular complexity index is 186. The molecule has 0 saturated heterocycles. The summed E-state index contributed by atoms with van der Waals surface area (Å²) in [6, 6.07) is 0. The SMILES string of the molecule is CC(C)(C)CNCCCC(CCN)C(C)(C)C. The minimum Gasteiger partial charge on any atom is -0.330 e. The second-order valence-corrected chi connectivity index (χ2v) is 7.52. The third-order valence-electron chi connectivity index (χ3n) is 3.30. The third-order valence-corrected chi connectivity index (χ3v) is 3.30. The molecule has 17 heavy (non-hydrogen) atoms. The Morgan fingerprint density at radius 3 is 2.00 bits per heavy atom. The van der Waals surface area contributed by atoms with Gasteiger partial charge in [0, 0.05) is 0 Å². The van der Waals surface area contributed by atoms with Gasteiger partial charge in [-0.3, -0.25) is 0 Å². The van der Waals surface area contributed by atoms with Gasteiger partial charge in [0.15, 0.2) is 0 Å². The van der Waals surface area contributed by atoms with E-state index in [2.05, 4.69) is 46.9 Å². The molecule has 2 nitrogen and oxygen atoms in total. The summed E-state index contributed by atoms with van der Waals surface area (Å²) in [5, 5.41) is 3.54. The highest BCUT2D eigenvalue weighted by molar-refractivity contribution is 4.75. The van der Waals surface area contributed by atoms with Gasteiger partial charge in [0.25, 0.3) is 0 Å². The summed E-state index contributed by atoms with van der Waals surface area (Å²) in [5.41, 5.74) is 6.48. The molecule has 1 atom stereocenters. The van der Waals surface area contributed by atoms with E-state index in [-0.39, 0.29) is 0 Å². The summed E-state index contributed by atoms with van der Waals surface area (Å²) < 4.78 is 0. The van der Waals surface area contributed by atoms with Crippen molar-refractivity contribution < 1.29 is 0 Å². The summed E-state index contributed by atoms with van der Waals surface area (Å²) in [6.45, 7) is 16.8. The second kappa shape index (κ2) is 7.38. The van der Waals surface area contributed by atoms with Crippen molar-refractivity contribution in [2.75, 3.05) is 19.6 Å². The summed E-state index contributed by atoms with van der Waals surface area (Å²) in [4.78, 5) is 0. The molecule has 0 rings (SSSR count). The fourth-order valence-corrected chi connectivity index (χ4v) is 2.15. The molecule has 0 aliphatic carbocycles. The molecule has 0 amide bonds. The third kappa shape index (κ3) is 9.61. The van der Waals surface area contributed by atoms with Gasteiger partial charge in [-0.15, -0.1) is 0 Å². The second-order valence-electron chi connectivity index (χ2n) is 7.52. The number of hydrogen-bond acceptors (Lipinski definition) is 2. The van der Waals surface area contributed by atoms with Gasteiger partial charge in [0.2, 0.25) is 0 Å². The van der Waals surface area contributed by atoms with E-state index in [1.807, 2.05) is 0 Å². The maximum absolute atomic E-state index is 5.70. The molecule has 0 aromatic heterocycles. The first-order valence-electron chi connectivity index (χ1n) is 7.07. The standard InChI is InChI=1S/C15H34N2/c1-14(2,3)12-17-11-7-8-13(9-10-16)15(4,5)6/h13,17H,7-12,16H2,1-6H3. The summed E-state index contributed by atoms with van der Waals surface area (Å²) >= 11 is 0. The van der Waals surface area contributed by atoms with Crippen LogP contribution in [0.2, 0.25) is 0 Å². The van der Waals surface area contributed by atoms with Crippen LogP contribution >= 0.6 is 0 Å². The molecule has 0 spiro atoms. The van der Waals surface area contributed by atoms with Crippen LogP contribution in [0.4, 0.5) is 0 Å². The number of nitrogens with one attached hydrogen (secondary N) is 1. The fraction of sp³-hybridized carbons (Fsp3) is 1.00. The molecule has 0 heterocycles. The Labute approximate surface area is 109 Å². The van der Waals surface area contributed by atoms with E-state index >= 15 is 0 Å². The molecule has 1 unspecified atom stereocenters. The first-order valence-corrected chi connectivity index (χ1v) is 7.07. The normalized spacial score (nSPS) is 15.0. The van der Waals surface area contributed by atoms with E-state index in [0.717, 1.165) is 32.0 Å². The highest BCUT2D eigenvalue weighted by Gasteiger charge is 2.23. The number of hydrogen-bond donors (Lipinski definition) is 2. The van der Waals surface area contributed by atoms with Gasteiger partial charge in [-0.25, -0.2) is 0 Å². The van der Waals surface area contributed by atoms with Crippen LogP contribution in [0.5, 0.6) is 0 Å². The Kier molecular flexibility index (Phi) is 7.34. The zero-order chi connectivity index (χ0) is 13.5. The van der Waals surface area contributed by atoms with Crippen LogP contribution in [0.25, 0.3) is 0 Å². The molecule has 2 heteroatoms. The van der Waals surface area contributed by atoms with Crippen molar-refractivity contribution in [2.45, 2.75) is 60.8 Å². The molecule has 0 saturated carbocycles. The van der Waals surface area contributed by atoms with E-state index < -0.39 is 0 Å². The molecule has 0 radical (unpaired) electrons. The van der Waals surface area contributed by atoms with Gasteiger partial charge < -0.3 is 11.1 Å². The van der Waals surface area contributed by atoms with Crippen LogP contribution in [-0.4, -0.2) is 19.6 Å². The van der Waals surface area contributed by atoms with E-state index in [9.17, 15) is 0 Å². The molecular weight excluding hydrogens is 208 g/mol. The van der Waals surface area contributed by atoms with Crippen LogP contribution in [0.3, 0.4) is 0 Å². The predicted octanol–water partition coefficient (Wildman–Crippen LogP) is 3.41. The van der Waals surface area contributed by atoms with Gasteiger partial charge >= 0.3 is 0 Å². The van der Waals surface area contributed by atoms with Crippen molar-refractivity contribution in [1.82, 2.24) is 5.32 Å². The molecule has 0 bridgehead atoms. The molecule has 3 N–H and O–H groups in total. The molecule has 0 aliphatic rings. The molecule has 0 fully saturated rings. The predicted molar refractivity (Wildman–Crippen MR) is 78.2 cm³/mol. The van der Waals surface area contributed by atoms with Crippen molar-refractivity contribution in [3.8, 4) is 0 Å². The lowest BCUT2D eigenvalue weighted by Gasteiger charge is -2.30. The minimum absolute atomic E-state index is 0.390. The average Bonchev–Trinajstić information content (AvgIpc) is 2.12. The highest BCUT2D eigenvalue weighted by Crippen LogP contribution is 2.31. The Balaban J connectivity index is 3.77. The zero-order valence-electron chi connectivity index (χ0n) is 12.9. The van der Waals surface area contributed by atoms with E-state index in [1.165, 1.54) is 12.8 Å². The zero-order valence-corrected chi connectivity index (χ0v) is 12.9. The number of nitrogens with two attached hydrogens (primary N) is 1. The largest absolute Gasteiger partial charge is 0.330 e. The van der Waals surface area contributed by atoms with Gasteiger partial charge in [-0.05, 0) is 55.6 Å². The monoisotopic (exact) mass is 242 g/mol. The van der Waals surface area contributed by atoms with E-state index in [0.29, 0.717) is 10.8 Å². The minimum atomic E-state index is 0.390.